The van der Waals surface area contributed by atoms with Crippen LogP contribution < -0.4 is 15.8 Å². The van der Waals surface area contributed by atoms with Gasteiger partial charge in [-0.15, -0.1) is 24.5 Å². The van der Waals surface area contributed by atoms with E-state index in [1.54, 1.807) is 0 Å². The number of thiophene rings is 1. The first kappa shape index (κ1) is 18.5. The average molecular weight is 407 g/mol. The second-order valence-electron chi connectivity index (χ2n) is 6.50. The van der Waals surface area contributed by atoms with Crippen LogP contribution in [0.25, 0.3) is 10.2 Å². The molecule has 2 heterocycles. The van der Waals surface area contributed by atoms with Crippen molar-refractivity contribution < 1.29 is 22.7 Å². The fraction of sp³-hybridized carbons (Fsp3) is 0.263. The van der Waals surface area contributed by atoms with E-state index in [0.29, 0.717) is 10.2 Å². The quantitative estimate of drug-likeness (QED) is 0.647. The van der Waals surface area contributed by atoms with Gasteiger partial charge in [0.15, 0.2) is 5.75 Å². The van der Waals surface area contributed by atoms with Crippen molar-refractivity contribution in [3.8, 4) is 5.75 Å². The summed E-state index contributed by atoms with van der Waals surface area (Å²) in [6.07, 6.45) is -0.867. The molecule has 0 spiro atoms. The Morgan fingerprint density at radius 3 is 2.75 bits per heavy atom. The fourth-order valence-electron chi connectivity index (χ4n) is 3.29. The van der Waals surface area contributed by atoms with Gasteiger partial charge in [-0.3, -0.25) is 4.79 Å². The first-order chi connectivity index (χ1) is 13.3. The number of carbonyl (C=O) groups excluding carboxylic acids is 1. The highest BCUT2D eigenvalue weighted by Gasteiger charge is 2.32. The Labute approximate surface area is 162 Å². The number of nitrogens with zero attached hydrogens (tertiary/aromatic N) is 1. The minimum absolute atomic E-state index is 0.0889. The van der Waals surface area contributed by atoms with Crippen molar-refractivity contribution in [2.45, 2.75) is 32.0 Å². The maximum absolute atomic E-state index is 12.7. The number of aromatic nitrogens is 1. The van der Waals surface area contributed by atoms with Crippen LogP contribution in [0.4, 0.5) is 24.5 Å². The summed E-state index contributed by atoms with van der Waals surface area (Å²) < 4.78 is 41.7. The van der Waals surface area contributed by atoms with Crippen LogP contribution in [0, 0.1) is 0 Å². The number of hydrogen-bond acceptors (Lipinski definition) is 5. The summed E-state index contributed by atoms with van der Waals surface area (Å²) in [5, 5.41) is 3.16. The number of rotatable bonds is 3. The number of nitrogens with one attached hydrogen (secondary N) is 1. The number of nitrogen functional groups attached to an aromatic ring is 1. The van der Waals surface area contributed by atoms with E-state index < -0.39 is 18.0 Å². The first-order valence-electron chi connectivity index (χ1n) is 8.69. The van der Waals surface area contributed by atoms with Gasteiger partial charge in [0.05, 0.1) is 11.4 Å². The Morgan fingerprint density at radius 1 is 1.21 bits per heavy atom. The number of para-hydroxylation sites is 2. The predicted octanol–water partition coefficient (Wildman–Crippen LogP) is 4.91. The molecule has 0 bridgehead atoms. The summed E-state index contributed by atoms with van der Waals surface area (Å²) in [4.78, 5) is 18.2. The van der Waals surface area contributed by atoms with Crippen LogP contribution in [0.5, 0.6) is 5.75 Å². The smallest absolute Gasteiger partial charge is 0.404 e. The zero-order valence-electron chi connectivity index (χ0n) is 14.6. The molecule has 0 aliphatic heterocycles. The van der Waals surface area contributed by atoms with Crippen LogP contribution in [0.2, 0.25) is 0 Å². The predicted molar refractivity (Wildman–Crippen MR) is 102 cm³/mol. The van der Waals surface area contributed by atoms with Gasteiger partial charge in [0.25, 0.3) is 5.91 Å². The zero-order chi connectivity index (χ0) is 19.9. The average Bonchev–Trinajstić information content (AvgIpc) is 2.96. The third-order valence-corrected chi connectivity index (χ3v) is 5.68. The lowest BCUT2D eigenvalue weighted by molar-refractivity contribution is -0.274. The lowest BCUT2D eigenvalue weighted by Gasteiger charge is -2.14. The van der Waals surface area contributed by atoms with E-state index in [9.17, 15) is 18.0 Å². The van der Waals surface area contributed by atoms with Gasteiger partial charge in [-0.05, 0) is 49.4 Å². The summed E-state index contributed by atoms with van der Waals surface area (Å²) in [5.74, 6) is -1.09. The van der Waals surface area contributed by atoms with Crippen LogP contribution in [0.15, 0.2) is 30.3 Å². The monoisotopic (exact) mass is 407 g/mol. The normalized spacial score (nSPS) is 14.0. The highest BCUT2D eigenvalue weighted by molar-refractivity contribution is 7.21. The van der Waals surface area contributed by atoms with Crippen LogP contribution >= 0.6 is 11.3 Å². The van der Waals surface area contributed by atoms with E-state index in [4.69, 9.17) is 5.73 Å². The van der Waals surface area contributed by atoms with Gasteiger partial charge in [-0.2, -0.15) is 0 Å². The van der Waals surface area contributed by atoms with Gasteiger partial charge in [0, 0.05) is 11.1 Å². The van der Waals surface area contributed by atoms with Gasteiger partial charge in [0.1, 0.15) is 9.71 Å². The van der Waals surface area contributed by atoms with Gasteiger partial charge in [0.2, 0.25) is 0 Å². The molecule has 1 aliphatic carbocycles. The summed E-state index contributed by atoms with van der Waals surface area (Å²) in [6.45, 7) is 0. The first-order valence-corrected chi connectivity index (χ1v) is 9.50. The number of pyridine rings is 1. The molecule has 1 aliphatic rings. The summed E-state index contributed by atoms with van der Waals surface area (Å²) in [7, 11) is 0. The number of ether oxygens (including phenoxy) is 1. The molecule has 3 aromatic rings. The minimum atomic E-state index is -4.86. The Hall–Kier alpha value is -2.81. The maximum Gasteiger partial charge on any atom is 0.573 e. The van der Waals surface area contributed by atoms with E-state index in [1.165, 1.54) is 18.2 Å². The fourth-order valence-corrected chi connectivity index (χ4v) is 4.28. The minimum Gasteiger partial charge on any atom is -0.404 e. The standard InChI is InChI=1S/C19H16F3N3O2S/c20-19(21,22)27-14-8-4-3-7-13(14)24-17(26)16-15(23)11-9-10-5-1-2-6-12(10)25-18(11)28-16/h3-4,7-9H,1-2,5-6,23H2,(H,24,26). The number of carbonyl (C=O) groups is 1. The van der Waals surface area contributed by atoms with Crippen LogP contribution in [0.3, 0.4) is 0 Å². The number of halogens is 3. The van der Waals surface area contributed by atoms with Crippen molar-refractivity contribution in [3.63, 3.8) is 0 Å². The second-order valence-corrected chi connectivity index (χ2v) is 7.50. The van der Waals surface area contributed by atoms with Crippen molar-refractivity contribution in [2.75, 3.05) is 11.1 Å². The molecule has 146 valence electrons. The Morgan fingerprint density at radius 2 is 1.96 bits per heavy atom. The number of nitrogens with two attached hydrogens (primary N) is 1. The number of amides is 1. The topological polar surface area (TPSA) is 77.2 Å². The van der Waals surface area contributed by atoms with Crippen LogP contribution in [-0.2, 0) is 12.8 Å². The third kappa shape index (κ3) is 3.62. The Kier molecular flexibility index (Phi) is 4.62. The van der Waals surface area contributed by atoms with Crippen LogP contribution in [0.1, 0.15) is 33.8 Å². The largest absolute Gasteiger partial charge is 0.573 e. The van der Waals surface area contributed by atoms with Gasteiger partial charge >= 0.3 is 6.36 Å². The van der Waals surface area contributed by atoms with Crippen molar-refractivity contribution in [2.24, 2.45) is 0 Å². The summed E-state index contributed by atoms with van der Waals surface area (Å²) >= 11 is 1.13. The molecular weight excluding hydrogens is 391 g/mol. The molecule has 5 nitrogen and oxygen atoms in total. The van der Waals surface area contributed by atoms with Gasteiger partial charge in [-0.1, -0.05) is 12.1 Å². The number of benzene rings is 1. The molecule has 0 radical (unpaired) electrons. The number of alkyl halides is 3. The van der Waals surface area contributed by atoms with Gasteiger partial charge < -0.3 is 15.8 Å². The third-order valence-electron chi connectivity index (χ3n) is 4.57. The number of fused-ring (bicyclic) bond motifs is 2. The highest BCUT2D eigenvalue weighted by atomic mass is 32.1. The molecule has 2 aromatic heterocycles. The van der Waals surface area contributed by atoms with E-state index >= 15 is 0 Å². The van der Waals surface area contributed by atoms with Crippen molar-refractivity contribution in [1.82, 2.24) is 4.98 Å². The second kappa shape index (κ2) is 6.97. The van der Waals surface area contributed by atoms with Crippen molar-refractivity contribution in [3.05, 3.63) is 46.5 Å². The van der Waals surface area contributed by atoms with E-state index in [0.717, 1.165) is 54.3 Å². The maximum atomic E-state index is 12.7. The van der Waals surface area contributed by atoms with Crippen molar-refractivity contribution in [1.29, 1.82) is 0 Å². The van der Waals surface area contributed by atoms with E-state index in [1.807, 2.05) is 6.07 Å². The summed E-state index contributed by atoms with van der Waals surface area (Å²) in [6, 6.07) is 7.33. The van der Waals surface area contributed by atoms with E-state index in [-0.39, 0.29) is 16.3 Å². The zero-order valence-corrected chi connectivity index (χ0v) is 15.4. The highest BCUT2D eigenvalue weighted by Crippen LogP contribution is 2.37. The molecule has 0 unspecified atom stereocenters. The number of anilines is 2. The summed E-state index contributed by atoms with van der Waals surface area (Å²) in [5.41, 5.74) is 8.52. The molecule has 0 saturated heterocycles. The lowest BCUT2D eigenvalue weighted by Crippen LogP contribution is -2.19. The van der Waals surface area contributed by atoms with E-state index in [2.05, 4.69) is 15.0 Å². The molecule has 0 fully saturated rings. The number of aryl methyl sites for hydroxylation is 2. The van der Waals surface area contributed by atoms with Crippen molar-refractivity contribution >= 4 is 38.8 Å². The molecular formula is C19H16F3N3O2S. The SMILES string of the molecule is Nc1c(C(=O)Nc2ccccc2OC(F)(F)F)sc2nc3c(cc12)CCCC3. The molecule has 4 rings (SSSR count). The van der Waals surface area contributed by atoms with Crippen LogP contribution in [-0.4, -0.2) is 17.3 Å². The van der Waals surface area contributed by atoms with Gasteiger partial charge in [-0.25, -0.2) is 4.98 Å². The Balaban J connectivity index is 1.66. The molecule has 1 aromatic carbocycles. The molecule has 0 atom stereocenters. The molecule has 28 heavy (non-hydrogen) atoms. The molecule has 1 amide bonds. The Bertz CT molecular complexity index is 1060. The number of hydrogen-bond donors (Lipinski definition) is 2. The molecule has 0 saturated carbocycles. The molecule has 9 heteroatoms. The lowest BCUT2D eigenvalue weighted by atomic mass is 9.95. The molecule has 3 N–H and O–H groups in total.